The van der Waals surface area contributed by atoms with Crippen LogP contribution in [0.3, 0.4) is 0 Å². The molecule has 2 aromatic rings. The molecule has 2 rings (SSSR count). The van der Waals surface area contributed by atoms with Gasteiger partial charge in [0.15, 0.2) is 0 Å². The van der Waals surface area contributed by atoms with Gasteiger partial charge in [-0.05, 0) is 24.9 Å². The van der Waals surface area contributed by atoms with E-state index < -0.39 is 11.6 Å². The summed E-state index contributed by atoms with van der Waals surface area (Å²) >= 11 is 0.808. The molecule has 0 aliphatic heterocycles. The number of ether oxygens (including phenoxy) is 1. The Hall–Kier alpha value is -1.89. The SMILES string of the molecule is CCOc1cc(F)c(SNc2ccncn2)c(F)c1. The second kappa shape index (κ2) is 6.33. The summed E-state index contributed by atoms with van der Waals surface area (Å²) in [4.78, 5) is 7.49. The van der Waals surface area contributed by atoms with Gasteiger partial charge in [0.25, 0.3) is 0 Å². The van der Waals surface area contributed by atoms with Crippen LogP contribution in [0.1, 0.15) is 6.92 Å². The Balaban J connectivity index is 2.12. The summed E-state index contributed by atoms with van der Waals surface area (Å²) in [6.07, 6.45) is 2.87. The molecule has 0 spiro atoms. The van der Waals surface area contributed by atoms with Gasteiger partial charge in [0.2, 0.25) is 0 Å². The molecule has 0 radical (unpaired) electrons. The predicted molar refractivity (Wildman–Crippen MR) is 69.0 cm³/mol. The lowest BCUT2D eigenvalue weighted by Gasteiger charge is -2.09. The van der Waals surface area contributed by atoms with Crippen molar-refractivity contribution in [1.82, 2.24) is 9.97 Å². The van der Waals surface area contributed by atoms with Gasteiger partial charge in [-0.3, -0.25) is 0 Å². The molecule has 0 fully saturated rings. The van der Waals surface area contributed by atoms with Gasteiger partial charge in [0, 0.05) is 18.3 Å². The van der Waals surface area contributed by atoms with Crippen LogP contribution in [0.4, 0.5) is 14.6 Å². The van der Waals surface area contributed by atoms with Crippen LogP contribution in [0.2, 0.25) is 0 Å². The van der Waals surface area contributed by atoms with Gasteiger partial charge in [0.05, 0.1) is 6.61 Å². The van der Waals surface area contributed by atoms with Crippen LogP contribution >= 0.6 is 11.9 Å². The Labute approximate surface area is 113 Å². The van der Waals surface area contributed by atoms with Crippen molar-refractivity contribution >= 4 is 17.8 Å². The molecule has 0 saturated carbocycles. The Morgan fingerprint density at radius 1 is 1.32 bits per heavy atom. The van der Waals surface area contributed by atoms with Crippen LogP contribution in [0, 0.1) is 11.6 Å². The Morgan fingerprint density at radius 2 is 2.05 bits per heavy atom. The fraction of sp³-hybridized carbons (Fsp3) is 0.167. The number of halogens is 2. The second-order valence-electron chi connectivity index (χ2n) is 3.45. The van der Waals surface area contributed by atoms with E-state index in [1.807, 2.05) is 0 Å². The number of hydrogen-bond donors (Lipinski definition) is 1. The normalized spacial score (nSPS) is 10.3. The summed E-state index contributed by atoms with van der Waals surface area (Å²) in [7, 11) is 0. The van der Waals surface area contributed by atoms with E-state index in [0.29, 0.717) is 12.4 Å². The minimum absolute atomic E-state index is 0.137. The second-order valence-corrected chi connectivity index (χ2v) is 4.26. The maximum Gasteiger partial charge on any atom is 0.145 e. The molecule has 0 bridgehead atoms. The Morgan fingerprint density at radius 3 is 2.63 bits per heavy atom. The molecule has 0 atom stereocenters. The Kier molecular flexibility index (Phi) is 4.51. The zero-order valence-corrected chi connectivity index (χ0v) is 10.9. The van der Waals surface area contributed by atoms with Crippen molar-refractivity contribution < 1.29 is 13.5 Å². The highest BCUT2D eigenvalue weighted by Crippen LogP contribution is 2.29. The van der Waals surface area contributed by atoms with Crippen molar-refractivity contribution in [3.63, 3.8) is 0 Å². The number of nitrogens with zero attached hydrogens (tertiary/aromatic N) is 2. The first kappa shape index (κ1) is 13.5. The summed E-state index contributed by atoms with van der Waals surface area (Å²) in [5.41, 5.74) is 0. The summed E-state index contributed by atoms with van der Waals surface area (Å²) in [5, 5.41) is 0. The smallest absolute Gasteiger partial charge is 0.145 e. The summed E-state index contributed by atoms with van der Waals surface area (Å²) in [6.45, 7) is 2.10. The first-order chi connectivity index (χ1) is 9.20. The van der Waals surface area contributed by atoms with Crippen molar-refractivity contribution in [2.24, 2.45) is 0 Å². The lowest BCUT2D eigenvalue weighted by Crippen LogP contribution is -1.98. The first-order valence-corrected chi connectivity index (χ1v) is 6.33. The number of nitrogens with one attached hydrogen (secondary N) is 1. The van der Waals surface area contributed by atoms with Crippen LogP contribution < -0.4 is 9.46 Å². The van der Waals surface area contributed by atoms with Crippen molar-refractivity contribution in [3.8, 4) is 5.75 Å². The maximum atomic E-state index is 13.7. The van der Waals surface area contributed by atoms with Crippen molar-refractivity contribution in [2.75, 3.05) is 11.3 Å². The lowest BCUT2D eigenvalue weighted by atomic mass is 10.3. The first-order valence-electron chi connectivity index (χ1n) is 5.51. The molecule has 1 aromatic carbocycles. The van der Waals surface area contributed by atoms with Gasteiger partial charge in [-0.1, -0.05) is 0 Å². The molecule has 0 saturated heterocycles. The number of hydrogen-bond acceptors (Lipinski definition) is 5. The average Bonchev–Trinajstić information content (AvgIpc) is 2.39. The molecule has 0 amide bonds. The minimum Gasteiger partial charge on any atom is -0.494 e. The van der Waals surface area contributed by atoms with Crippen molar-refractivity contribution in [2.45, 2.75) is 11.8 Å². The highest BCUT2D eigenvalue weighted by Gasteiger charge is 2.13. The van der Waals surface area contributed by atoms with E-state index in [1.165, 1.54) is 12.5 Å². The molecule has 0 unspecified atom stereocenters. The van der Waals surface area contributed by atoms with Gasteiger partial charge in [0.1, 0.15) is 34.4 Å². The van der Waals surface area contributed by atoms with Crippen molar-refractivity contribution in [3.05, 3.63) is 42.4 Å². The van der Waals surface area contributed by atoms with Crippen LogP contribution in [-0.2, 0) is 0 Å². The minimum atomic E-state index is -0.685. The number of rotatable bonds is 5. The molecular formula is C12H11F2N3OS. The lowest BCUT2D eigenvalue weighted by molar-refractivity contribution is 0.334. The third-order valence-electron chi connectivity index (χ3n) is 2.12. The Bertz CT molecular complexity index is 531. The molecule has 19 heavy (non-hydrogen) atoms. The number of anilines is 1. The number of benzene rings is 1. The molecule has 7 heteroatoms. The van der Waals surface area contributed by atoms with Crippen LogP contribution in [0.15, 0.2) is 35.6 Å². The zero-order valence-electron chi connectivity index (χ0n) is 10.1. The summed E-state index contributed by atoms with van der Waals surface area (Å²) in [6, 6.07) is 3.89. The molecule has 1 heterocycles. The summed E-state index contributed by atoms with van der Waals surface area (Å²) < 4.78 is 35.2. The molecule has 100 valence electrons. The van der Waals surface area contributed by atoms with Gasteiger partial charge in [-0.15, -0.1) is 0 Å². The van der Waals surface area contributed by atoms with Crippen LogP contribution in [0.25, 0.3) is 0 Å². The third kappa shape index (κ3) is 3.54. The molecule has 1 N–H and O–H groups in total. The average molecular weight is 283 g/mol. The van der Waals surface area contributed by atoms with E-state index >= 15 is 0 Å². The van der Waals surface area contributed by atoms with E-state index in [2.05, 4.69) is 14.7 Å². The zero-order chi connectivity index (χ0) is 13.7. The molecule has 0 aliphatic carbocycles. The van der Waals surface area contributed by atoms with Gasteiger partial charge in [-0.2, -0.15) is 0 Å². The predicted octanol–water partition coefficient (Wildman–Crippen LogP) is 3.27. The highest BCUT2D eigenvalue weighted by molar-refractivity contribution is 8.00. The maximum absolute atomic E-state index is 13.7. The van der Waals surface area contributed by atoms with E-state index in [4.69, 9.17) is 4.74 Å². The van der Waals surface area contributed by atoms with Crippen LogP contribution in [-0.4, -0.2) is 16.6 Å². The monoisotopic (exact) mass is 283 g/mol. The molecule has 1 aromatic heterocycles. The van der Waals surface area contributed by atoms with Gasteiger partial charge in [-0.25, -0.2) is 18.7 Å². The van der Waals surface area contributed by atoms with Gasteiger partial charge >= 0.3 is 0 Å². The van der Waals surface area contributed by atoms with Gasteiger partial charge < -0.3 is 9.46 Å². The third-order valence-corrected chi connectivity index (χ3v) is 3.03. The van der Waals surface area contributed by atoms with Crippen LogP contribution in [0.5, 0.6) is 5.75 Å². The topological polar surface area (TPSA) is 47.0 Å². The van der Waals surface area contributed by atoms with E-state index in [0.717, 1.165) is 24.1 Å². The highest BCUT2D eigenvalue weighted by atomic mass is 32.2. The fourth-order valence-electron chi connectivity index (χ4n) is 1.34. The molecule has 4 nitrogen and oxygen atoms in total. The van der Waals surface area contributed by atoms with E-state index in [1.54, 1.807) is 13.0 Å². The standard InChI is InChI=1S/C12H11F2N3OS/c1-2-18-8-5-9(13)12(10(14)6-8)19-17-11-3-4-15-7-16-11/h3-7H,2H2,1H3,(H,15,16,17). The molecular weight excluding hydrogens is 272 g/mol. The van der Waals surface area contributed by atoms with E-state index in [-0.39, 0.29) is 10.6 Å². The fourth-order valence-corrected chi connectivity index (χ4v) is 1.98. The summed E-state index contributed by atoms with van der Waals surface area (Å²) in [5.74, 6) is -0.735. The van der Waals surface area contributed by atoms with Crippen molar-refractivity contribution in [1.29, 1.82) is 0 Å². The largest absolute Gasteiger partial charge is 0.494 e. The van der Waals surface area contributed by atoms with E-state index in [9.17, 15) is 8.78 Å². The number of aromatic nitrogens is 2. The molecule has 0 aliphatic rings. The quantitative estimate of drug-likeness (QED) is 0.853.